The van der Waals surface area contributed by atoms with Crippen LogP contribution in [0.4, 0.5) is 9.93 Å². The van der Waals surface area contributed by atoms with Gasteiger partial charge in [0.25, 0.3) is 0 Å². The highest BCUT2D eigenvalue weighted by molar-refractivity contribution is 7.15. The SMILES string of the molecule is CCC(c1ccccc1)c1nnc(NC(=O)N2CCCC(C(=O)O)C2)s1. The Balaban J connectivity index is 1.66. The monoisotopic (exact) mass is 374 g/mol. The molecule has 2 aromatic rings. The maximum absolute atomic E-state index is 12.4. The van der Waals surface area contributed by atoms with E-state index in [1.807, 2.05) is 18.2 Å². The summed E-state index contributed by atoms with van der Waals surface area (Å²) in [6, 6.07) is 9.78. The van der Waals surface area contributed by atoms with Crippen molar-refractivity contribution in [3.05, 3.63) is 40.9 Å². The lowest BCUT2D eigenvalue weighted by Crippen LogP contribution is -2.44. The summed E-state index contributed by atoms with van der Waals surface area (Å²) in [4.78, 5) is 25.1. The number of carboxylic acids is 1. The number of nitrogens with zero attached hydrogens (tertiary/aromatic N) is 3. The number of hydrogen-bond donors (Lipinski definition) is 2. The molecule has 0 bridgehead atoms. The smallest absolute Gasteiger partial charge is 0.323 e. The third-order valence-corrected chi connectivity index (χ3v) is 5.57. The molecule has 2 heterocycles. The van der Waals surface area contributed by atoms with Crippen LogP contribution in [-0.2, 0) is 4.79 Å². The summed E-state index contributed by atoms with van der Waals surface area (Å²) in [5.41, 5.74) is 1.17. The van der Waals surface area contributed by atoms with Gasteiger partial charge in [-0.2, -0.15) is 0 Å². The molecule has 7 nitrogen and oxygen atoms in total. The minimum Gasteiger partial charge on any atom is -0.481 e. The average Bonchev–Trinajstić information content (AvgIpc) is 3.11. The molecular formula is C18H22N4O3S. The Morgan fingerprint density at radius 2 is 2.12 bits per heavy atom. The number of hydrogen-bond acceptors (Lipinski definition) is 5. The first-order chi connectivity index (χ1) is 12.6. The lowest BCUT2D eigenvalue weighted by Gasteiger charge is -2.30. The van der Waals surface area contributed by atoms with Gasteiger partial charge in [-0.05, 0) is 24.8 Å². The second-order valence-corrected chi connectivity index (χ2v) is 7.38. The van der Waals surface area contributed by atoms with Gasteiger partial charge in [0.15, 0.2) is 0 Å². The van der Waals surface area contributed by atoms with Crippen molar-refractivity contribution in [3.63, 3.8) is 0 Å². The molecular weight excluding hydrogens is 352 g/mol. The Kier molecular flexibility index (Phi) is 5.82. The van der Waals surface area contributed by atoms with Crippen LogP contribution in [0.25, 0.3) is 0 Å². The summed E-state index contributed by atoms with van der Waals surface area (Å²) in [7, 11) is 0. The van der Waals surface area contributed by atoms with Gasteiger partial charge in [0.1, 0.15) is 5.01 Å². The molecule has 0 radical (unpaired) electrons. The van der Waals surface area contributed by atoms with Gasteiger partial charge < -0.3 is 10.0 Å². The fraction of sp³-hybridized carbons (Fsp3) is 0.444. The van der Waals surface area contributed by atoms with Crippen LogP contribution < -0.4 is 5.32 Å². The highest BCUT2D eigenvalue weighted by Crippen LogP contribution is 2.31. The van der Waals surface area contributed by atoms with E-state index in [4.69, 9.17) is 5.11 Å². The van der Waals surface area contributed by atoms with Crippen molar-refractivity contribution in [1.82, 2.24) is 15.1 Å². The topological polar surface area (TPSA) is 95.4 Å². The zero-order valence-corrected chi connectivity index (χ0v) is 15.4. The number of anilines is 1. The molecule has 1 aliphatic rings. The molecule has 2 unspecified atom stereocenters. The van der Waals surface area contributed by atoms with Crippen molar-refractivity contribution in [3.8, 4) is 0 Å². The van der Waals surface area contributed by atoms with Crippen molar-refractivity contribution in [2.24, 2.45) is 5.92 Å². The van der Waals surface area contributed by atoms with E-state index in [1.54, 1.807) is 0 Å². The molecule has 138 valence electrons. The Hall–Kier alpha value is -2.48. The standard InChI is InChI=1S/C18H22N4O3S/c1-2-14(12-7-4-3-5-8-12)15-20-21-17(26-15)19-18(25)22-10-6-9-13(11-22)16(23)24/h3-5,7-8,13-14H,2,6,9-11H2,1H3,(H,23,24)(H,19,21,25). The highest BCUT2D eigenvalue weighted by atomic mass is 32.1. The summed E-state index contributed by atoms with van der Waals surface area (Å²) in [6.45, 7) is 2.88. The average molecular weight is 374 g/mol. The molecule has 26 heavy (non-hydrogen) atoms. The first-order valence-electron chi connectivity index (χ1n) is 8.75. The van der Waals surface area contributed by atoms with Crippen LogP contribution in [0.3, 0.4) is 0 Å². The van der Waals surface area contributed by atoms with E-state index < -0.39 is 11.9 Å². The number of carbonyl (C=O) groups is 2. The highest BCUT2D eigenvalue weighted by Gasteiger charge is 2.28. The van der Waals surface area contributed by atoms with Crippen LogP contribution in [0.15, 0.2) is 30.3 Å². The summed E-state index contributed by atoms with van der Waals surface area (Å²) < 4.78 is 0. The minimum absolute atomic E-state index is 0.144. The number of aliphatic carboxylic acids is 1. The molecule has 0 spiro atoms. The summed E-state index contributed by atoms with van der Waals surface area (Å²) >= 11 is 1.36. The van der Waals surface area contributed by atoms with Crippen molar-refractivity contribution in [2.45, 2.75) is 32.1 Å². The molecule has 0 saturated carbocycles. The van der Waals surface area contributed by atoms with Crippen LogP contribution in [0.2, 0.25) is 0 Å². The van der Waals surface area contributed by atoms with E-state index in [-0.39, 0.29) is 18.5 Å². The van der Waals surface area contributed by atoms with E-state index in [2.05, 4.69) is 34.6 Å². The molecule has 1 saturated heterocycles. The second-order valence-electron chi connectivity index (χ2n) is 6.37. The summed E-state index contributed by atoms with van der Waals surface area (Å²) in [5.74, 6) is -1.21. The molecule has 2 N–H and O–H groups in total. The number of likely N-dealkylation sites (tertiary alicyclic amines) is 1. The summed E-state index contributed by atoms with van der Waals surface area (Å²) in [5, 5.41) is 21.5. The van der Waals surface area contributed by atoms with Gasteiger partial charge in [0.2, 0.25) is 5.13 Å². The quantitative estimate of drug-likeness (QED) is 0.836. The predicted octanol–water partition coefficient (Wildman–Crippen LogP) is 3.41. The van der Waals surface area contributed by atoms with E-state index in [0.29, 0.717) is 24.5 Å². The van der Waals surface area contributed by atoms with Crippen LogP contribution in [-0.4, -0.2) is 45.3 Å². The van der Waals surface area contributed by atoms with Crippen LogP contribution >= 0.6 is 11.3 Å². The minimum atomic E-state index is -0.852. The fourth-order valence-electron chi connectivity index (χ4n) is 3.20. The Bertz CT molecular complexity index is 765. The van der Waals surface area contributed by atoms with Crippen molar-refractivity contribution in [2.75, 3.05) is 18.4 Å². The number of benzene rings is 1. The third-order valence-electron chi connectivity index (χ3n) is 4.62. The van der Waals surface area contributed by atoms with Gasteiger partial charge in [-0.15, -0.1) is 10.2 Å². The molecule has 0 aliphatic carbocycles. The van der Waals surface area contributed by atoms with Crippen molar-refractivity contribution >= 4 is 28.5 Å². The first-order valence-corrected chi connectivity index (χ1v) is 9.57. The molecule has 1 fully saturated rings. The van der Waals surface area contributed by atoms with Gasteiger partial charge in [-0.25, -0.2) is 4.79 Å². The second kappa shape index (κ2) is 8.27. The molecule has 8 heteroatoms. The van der Waals surface area contributed by atoms with Gasteiger partial charge >= 0.3 is 12.0 Å². The third kappa shape index (κ3) is 4.19. The van der Waals surface area contributed by atoms with Crippen LogP contribution in [0.1, 0.15) is 42.7 Å². The first kappa shape index (κ1) is 18.3. The number of carbonyl (C=O) groups excluding carboxylic acids is 1. The van der Waals surface area contributed by atoms with Crippen LogP contribution in [0, 0.1) is 5.92 Å². The molecule has 1 aromatic heterocycles. The van der Waals surface area contributed by atoms with E-state index in [9.17, 15) is 9.59 Å². The van der Waals surface area contributed by atoms with Crippen molar-refractivity contribution < 1.29 is 14.7 Å². The van der Waals surface area contributed by atoms with Gasteiger partial charge in [0, 0.05) is 19.0 Å². The van der Waals surface area contributed by atoms with E-state index >= 15 is 0 Å². The van der Waals surface area contributed by atoms with E-state index in [0.717, 1.165) is 11.4 Å². The van der Waals surface area contributed by atoms with Crippen LogP contribution in [0.5, 0.6) is 0 Å². The number of rotatable bonds is 5. The van der Waals surface area contributed by atoms with Crippen molar-refractivity contribution in [1.29, 1.82) is 0 Å². The van der Waals surface area contributed by atoms with Gasteiger partial charge in [-0.1, -0.05) is 48.6 Å². The number of urea groups is 1. The summed E-state index contributed by atoms with van der Waals surface area (Å²) in [6.07, 6.45) is 2.19. The Labute approximate surface area is 156 Å². The number of piperidine rings is 1. The maximum atomic E-state index is 12.4. The predicted molar refractivity (Wildman–Crippen MR) is 99.4 cm³/mol. The normalized spacial score (nSPS) is 18.3. The zero-order valence-electron chi connectivity index (χ0n) is 14.6. The van der Waals surface area contributed by atoms with Gasteiger partial charge in [-0.3, -0.25) is 10.1 Å². The molecule has 3 rings (SSSR count). The Morgan fingerprint density at radius 3 is 2.81 bits per heavy atom. The Morgan fingerprint density at radius 1 is 1.35 bits per heavy atom. The number of nitrogens with one attached hydrogen (secondary N) is 1. The molecule has 2 amide bonds. The molecule has 2 atom stereocenters. The molecule has 1 aromatic carbocycles. The fourth-order valence-corrected chi connectivity index (χ4v) is 4.14. The largest absolute Gasteiger partial charge is 0.481 e. The zero-order chi connectivity index (χ0) is 18.5. The lowest BCUT2D eigenvalue weighted by molar-refractivity contribution is -0.143. The number of aromatic nitrogens is 2. The lowest BCUT2D eigenvalue weighted by atomic mass is 9.97. The number of carboxylic acid groups (broad SMARTS) is 1. The maximum Gasteiger partial charge on any atom is 0.323 e. The van der Waals surface area contributed by atoms with E-state index in [1.165, 1.54) is 21.8 Å². The number of amides is 2. The van der Waals surface area contributed by atoms with Gasteiger partial charge in [0.05, 0.1) is 5.92 Å². The molecule has 1 aliphatic heterocycles.